The Labute approximate surface area is 96.5 Å². The highest BCUT2D eigenvalue weighted by molar-refractivity contribution is 7.18. The van der Waals surface area contributed by atoms with Crippen LogP contribution < -0.4 is 10.5 Å². The molecule has 0 bridgehead atoms. The number of halogens is 1. The molecular formula is C10H9ClN2OS. The Hall–Kier alpha value is -1.26. The summed E-state index contributed by atoms with van der Waals surface area (Å²) in [4.78, 5) is 4.95. The minimum Gasteiger partial charge on any atom is -0.495 e. The maximum absolute atomic E-state index is 6.01. The minimum atomic E-state index is 0.534. The summed E-state index contributed by atoms with van der Waals surface area (Å²) in [6.07, 6.45) is 1.72. The Morgan fingerprint density at radius 1 is 1.47 bits per heavy atom. The summed E-state index contributed by atoms with van der Waals surface area (Å²) < 4.78 is 5.25. The Balaban J connectivity index is 2.57. The fourth-order valence-electron chi connectivity index (χ4n) is 1.32. The predicted octanol–water partition coefficient (Wildman–Crippen LogP) is 3.05. The van der Waals surface area contributed by atoms with E-state index in [1.54, 1.807) is 19.4 Å². The van der Waals surface area contributed by atoms with Crippen LogP contribution in [-0.2, 0) is 0 Å². The Kier molecular flexibility index (Phi) is 2.79. The van der Waals surface area contributed by atoms with Crippen LogP contribution in [-0.4, -0.2) is 12.1 Å². The van der Waals surface area contributed by atoms with Crippen molar-refractivity contribution in [2.75, 3.05) is 12.8 Å². The zero-order valence-electron chi connectivity index (χ0n) is 8.03. The van der Waals surface area contributed by atoms with Crippen LogP contribution in [0.25, 0.3) is 10.4 Å². The number of hydrogen-bond donors (Lipinski definition) is 1. The molecule has 2 aromatic rings. The van der Waals surface area contributed by atoms with Crippen molar-refractivity contribution in [1.29, 1.82) is 0 Å². The van der Waals surface area contributed by atoms with Gasteiger partial charge in [0.25, 0.3) is 0 Å². The highest BCUT2D eigenvalue weighted by atomic mass is 35.5. The van der Waals surface area contributed by atoms with Gasteiger partial charge in [-0.25, -0.2) is 4.98 Å². The van der Waals surface area contributed by atoms with Crippen LogP contribution in [0.1, 0.15) is 0 Å². The van der Waals surface area contributed by atoms with Crippen LogP contribution in [0.4, 0.5) is 5.13 Å². The molecule has 2 N–H and O–H groups in total. The van der Waals surface area contributed by atoms with E-state index in [2.05, 4.69) is 4.98 Å². The summed E-state index contributed by atoms with van der Waals surface area (Å²) in [6, 6.07) is 5.59. The highest BCUT2D eigenvalue weighted by Gasteiger charge is 2.11. The number of ether oxygens (including phenoxy) is 1. The zero-order chi connectivity index (χ0) is 10.8. The van der Waals surface area contributed by atoms with Crippen molar-refractivity contribution in [3.8, 4) is 16.2 Å². The van der Waals surface area contributed by atoms with E-state index in [0.717, 1.165) is 10.4 Å². The molecule has 1 heterocycles. The minimum absolute atomic E-state index is 0.534. The maximum atomic E-state index is 6.01. The van der Waals surface area contributed by atoms with Crippen molar-refractivity contribution in [2.45, 2.75) is 0 Å². The van der Waals surface area contributed by atoms with Gasteiger partial charge in [-0.2, -0.15) is 0 Å². The summed E-state index contributed by atoms with van der Waals surface area (Å²) >= 11 is 7.42. The van der Waals surface area contributed by atoms with E-state index in [1.807, 2.05) is 12.1 Å². The maximum Gasteiger partial charge on any atom is 0.180 e. The third kappa shape index (κ3) is 1.91. The molecule has 0 aliphatic carbocycles. The summed E-state index contributed by atoms with van der Waals surface area (Å²) in [5.74, 6) is 0.655. The van der Waals surface area contributed by atoms with E-state index >= 15 is 0 Å². The zero-order valence-corrected chi connectivity index (χ0v) is 9.60. The SMILES string of the molecule is COc1c(Cl)cccc1-c1cnc(N)s1. The number of nitrogens with zero attached hydrogens (tertiary/aromatic N) is 1. The lowest BCUT2D eigenvalue weighted by molar-refractivity contribution is 0.417. The summed E-state index contributed by atoms with van der Waals surface area (Å²) in [6.45, 7) is 0. The molecule has 15 heavy (non-hydrogen) atoms. The third-order valence-electron chi connectivity index (χ3n) is 1.96. The number of methoxy groups -OCH3 is 1. The largest absolute Gasteiger partial charge is 0.495 e. The van der Waals surface area contributed by atoms with E-state index in [9.17, 15) is 0 Å². The highest BCUT2D eigenvalue weighted by Crippen LogP contribution is 2.38. The Morgan fingerprint density at radius 3 is 2.87 bits per heavy atom. The Morgan fingerprint density at radius 2 is 2.27 bits per heavy atom. The number of hydrogen-bond acceptors (Lipinski definition) is 4. The van der Waals surface area contributed by atoms with Gasteiger partial charge in [-0.05, 0) is 12.1 Å². The number of nitrogens with two attached hydrogens (primary N) is 1. The first-order valence-corrected chi connectivity index (χ1v) is 5.46. The number of para-hydroxylation sites is 1. The molecule has 0 saturated heterocycles. The van der Waals surface area contributed by atoms with Crippen LogP contribution in [0.3, 0.4) is 0 Å². The van der Waals surface area contributed by atoms with Gasteiger partial charge in [0.15, 0.2) is 5.13 Å². The van der Waals surface area contributed by atoms with Crippen LogP contribution in [0, 0.1) is 0 Å². The van der Waals surface area contributed by atoms with Crippen LogP contribution >= 0.6 is 22.9 Å². The van der Waals surface area contributed by atoms with Crippen LogP contribution in [0.15, 0.2) is 24.4 Å². The lowest BCUT2D eigenvalue weighted by Crippen LogP contribution is -1.87. The number of thiazole rings is 1. The van der Waals surface area contributed by atoms with Crippen LogP contribution in [0.2, 0.25) is 5.02 Å². The monoisotopic (exact) mass is 240 g/mol. The first-order valence-electron chi connectivity index (χ1n) is 4.26. The molecule has 0 amide bonds. The summed E-state index contributed by atoms with van der Waals surface area (Å²) in [7, 11) is 1.59. The van der Waals surface area contributed by atoms with Crippen molar-refractivity contribution in [1.82, 2.24) is 4.98 Å². The second kappa shape index (κ2) is 4.08. The predicted molar refractivity (Wildman–Crippen MR) is 63.5 cm³/mol. The number of rotatable bonds is 2. The summed E-state index contributed by atoms with van der Waals surface area (Å²) in [5, 5.41) is 1.12. The number of benzene rings is 1. The molecule has 0 spiro atoms. The van der Waals surface area contributed by atoms with E-state index in [4.69, 9.17) is 22.1 Å². The molecule has 0 aliphatic rings. The second-order valence-corrected chi connectivity index (χ2v) is 4.35. The van der Waals surface area contributed by atoms with E-state index in [-0.39, 0.29) is 0 Å². The lowest BCUT2D eigenvalue weighted by atomic mass is 10.2. The molecule has 78 valence electrons. The molecule has 2 rings (SSSR count). The Bertz CT molecular complexity index is 484. The quantitative estimate of drug-likeness (QED) is 0.878. The van der Waals surface area contributed by atoms with Gasteiger partial charge < -0.3 is 10.5 Å². The van der Waals surface area contributed by atoms with Crippen molar-refractivity contribution >= 4 is 28.1 Å². The van der Waals surface area contributed by atoms with Gasteiger partial charge >= 0.3 is 0 Å². The molecule has 0 atom stereocenters. The number of anilines is 1. The van der Waals surface area contributed by atoms with Gasteiger partial charge in [-0.1, -0.05) is 29.0 Å². The molecule has 5 heteroatoms. The van der Waals surface area contributed by atoms with Gasteiger partial charge in [-0.3, -0.25) is 0 Å². The van der Waals surface area contributed by atoms with Crippen molar-refractivity contribution in [3.63, 3.8) is 0 Å². The molecule has 3 nitrogen and oxygen atoms in total. The second-order valence-electron chi connectivity index (χ2n) is 2.88. The molecule has 1 aromatic carbocycles. The molecular weight excluding hydrogens is 232 g/mol. The van der Waals surface area contributed by atoms with Crippen LogP contribution in [0.5, 0.6) is 5.75 Å². The first kappa shape index (κ1) is 10.3. The first-order chi connectivity index (χ1) is 7.22. The molecule has 0 unspecified atom stereocenters. The molecule has 0 radical (unpaired) electrons. The van der Waals surface area contributed by atoms with E-state index in [0.29, 0.717) is 15.9 Å². The van der Waals surface area contributed by atoms with Gasteiger partial charge in [0.2, 0.25) is 0 Å². The topological polar surface area (TPSA) is 48.1 Å². The van der Waals surface area contributed by atoms with Gasteiger partial charge in [0.1, 0.15) is 5.75 Å². The standard InChI is InChI=1S/C10H9ClN2OS/c1-14-9-6(3-2-4-7(9)11)8-5-13-10(12)15-8/h2-5H,1H3,(H2,12,13). The fraction of sp³-hybridized carbons (Fsp3) is 0.100. The van der Waals surface area contributed by atoms with Crippen molar-refractivity contribution in [2.24, 2.45) is 0 Å². The average Bonchev–Trinajstić information content (AvgIpc) is 2.64. The fourth-order valence-corrected chi connectivity index (χ4v) is 2.28. The third-order valence-corrected chi connectivity index (χ3v) is 3.12. The van der Waals surface area contributed by atoms with Crippen molar-refractivity contribution in [3.05, 3.63) is 29.4 Å². The van der Waals surface area contributed by atoms with Gasteiger partial charge in [0, 0.05) is 11.8 Å². The normalized spacial score (nSPS) is 10.3. The molecule has 1 aromatic heterocycles. The molecule has 0 saturated carbocycles. The smallest absolute Gasteiger partial charge is 0.180 e. The molecule has 0 aliphatic heterocycles. The van der Waals surface area contributed by atoms with E-state index < -0.39 is 0 Å². The average molecular weight is 241 g/mol. The van der Waals surface area contributed by atoms with E-state index in [1.165, 1.54) is 11.3 Å². The number of nitrogen functional groups attached to an aromatic ring is 1. The number of aromatic nitrogens is 1. The van der Waals surface area contributed by atoms with Gasteiger partial charge in [0.05, 0.1) is 17.0 Å². The molecule has 0 fully saturated rings. The lowest BCUT2D eigenvalue weighted by Gasteiger charge is -2.07. The summed E-state index contributed by atoms with van der Waals surface area (Å²) in [5.41, 5.74) is 6.50. The van der Waals surface area contributed by atoms with Gasteiger partial charge in [-0.15, -0.1) is 0 Å². The van der Waals surface area contributed by atoms with Crippen molar-refractivity contribution < 1.29 is 4.74 Å².